The molecule has 2 aromatic carbocycles. The lowest BCUT2D eigenvalue weighted by Crippen LogP contribution is -2.33. The van der Waals surface area contributed by atoms with Gasteiger partial charge in [0.1, 0.15) is 11.9 Å². The Bertz CT molecular complexity index is 570. The van der Waals surface area contributed by atoms with Crippen LogP contribution in [0, 0.1) is 0 Å². The highest BCUT2D eigenvalue weighted by Gasteiger charge is 2.19. The van der Waals surface area contributed by atoms with Crippen LogP contribution in [0.3, 0.4) is 0 Å². The van der Waals surface area contributed by atoms with Gasteiger partial charge in [-0.1, -0.05) is 46.3 Å². The van der Waals surface area contributed by atoms with Crippen molar-refractivity contribution in [3.8, 4) is 5.75 Å². The second-order valence-electron chi connectivity index (χ2n) is 5.15. The predicted molar refractivity (Wildman–Crippen MR) is 85.0 cm³/mol. The minimum Gasteiger partial charge on any atom is -0.489 e. The Kier molecular flexibility index (Phi) is 4.38. The van der Waals surface area contributed by atoms with Crippen molar-refractivity contribution in [1.29, 1.82) is 0 Å². The average Bonchev–Trinajstić information content (AvgIpc) is 2.48. The number of hydrogen-bond donors (Lipinski definition) is 1. The first-order chi connectivity index (χ1) is 9.81. The molecule has 20 heavy (non-hydrogen) atoms. The summed E-state index contributed by atoms with van der Waals surface area (Å²) in [5.74, 6) is 1.03. The zero-order valence-electron chi connectivity index (χ0n) is 11.3. The topological polar surface area (TPSA) is 21.3 Å². The molecule has 1 unspecified atom stereocenters. The zero-order chi connectivity index (χ0) is 13.8. The molecular weight excluding hydrogens is 314 g/mol. The van der Waals surface area contributed by atoms with E-state index in [9.17, 15) is 0 Å². The summed E-state index contributed by atoms with van der Waals surface area (Å²) in [6.07, 6.45) is 2.44. The van der Waals surface area contributed by atoms with Crippen LogP contribution in [0.5, 0.6) is 5.75 Å². The van der Waals surface area contributed by atoms with Crippen LogP contribution in [-0.4, -0.2) is 12.6 Å². The van der Waals surface area contributed by atoms with Gasteiger partial charge >= 0.3 is 0 Å². The van der Waals surface area contributed by atoms with E-state index in [2.05, 4.69) is 57.6 Å². The molecule has 104 valence electrons. The van der Waals surface area contributed by atoms with Crippen LogP contribution in [0.25, 0.3) is 0 Å². The smallest absolute Gasteiger partial charge is 0.123 e. The minimum atomic E-state index is 0.271. The lowest BCUT2D eigenvalue weighted by molar-refractivity contribution is 0.170. The molecule has 1 heterocycles. The van der Waals surface area contributed by atoms with Gasteiger partial charge in [0.15, 0.2) is 0 Å². The summed E-state index contributed by atoms with van der Waals surface area (Å²) >= 11 is 3.51. The quantitative estimate of drug-likeness (QED) is 0.916. The molecule has 0 bridgehead atoms. The molecule has 3 rings (SSSR count). The molecule has 0 radical (unpaired) electrons. The Morgan fingerprint density at radius 3 is 2.85 bits per heavy atom. The van der Waals surface area contributed by atoms with Crippen LogP contribution in [0.1, 0.15) is 17.5 Å². The molecule has 2 aromatic rings. The number of nitrogens with one attached hydrogen (secondary N) is 1. The zero-order valence-corrected chi connectivity index (χ0v) is 12.9. The number of benzene rings is 2. The van der Waals surface area contributed by atoms with Crippen molar-refractivity contribution < 1.29 is 4.74 Å². The molecule has 0 saturated carbocycles. The van der Waals surface area contributed by atoms with Gasteiger partial charge in [-0.25, -0.2) is 0 Å². The highest BCUT2D eigenvalue weighted by Crippen LogP contribution is 2.29. The predicted octanol–water partition coefficient (Wildman–Crippen LogP) is 3.93. The summed E-state index contributed by atoms with van der Waals surface area (Å²) in [4.78, 5) is 0. The maximum absolute atomic E-state index is 6.04. The van der Waals surface area contributed by atoms with E-state index in [1.807, 2.05) is 12.1 Å². The molecule has 1 aliphatic rings. The second-order valence-corrected chi connectivity index (χ2v) is 6.06. The van der Waals surface area contributed by atoms with Crippen molar-refractivity contribution in [2.75, 3.05) is 6.54 Å². The third-order valence-corrected chi connectivity index (χ3v) is 4.09. The van der Waals surface area contributed by atoms with Crippen molar-refractivity contribution in [3.05, 3.63) is 64.1 Å². The number of fused-ring (bicyclic) bond motifs is 1. The normalized spacial score (nSPS) is 17.4. The van der Waals surface area contributed by atoms with E-state index in [0.29, 0.717) is 0 Å². The lowest BCUT2D eigenvalue weighted by Gasteiger charge is -2.26. The van der Waals surface area contributed by atoms with Gasteiger partial charge in [0.05, 0.1) is 0 Å². The monoisotopic (exact) mass is 331 g/mol. The van der Waals surface area contributed by atoms with E-state index in [4.69, 9.17) is 4.74 Å². The summed E-state index contributed by atoms with van der Waals surface area (Å²) in [6, 6.07) is 16.7. The molecule has 1 atom stereocenters. The Morgan fingerprint density at radius 1 is 1.15 bits per heavy atom. The summed E-state index contributed by atoms with van der Waals surface area (Å²) < 4.78 is 7.17. The summed E-state index contributed by atoms with van der Waals surface area (Å²) in [5, 5.41) is 3.48. The standard InChI is InChI=1S/C17H18BrNO/c18-15-7-9-17-14(10-15)6-8-16(20-17)12-19-11-13-4-2-1-3-5-13/h1-5,7,9-10,16,19H,6,8,11-12H2. The summed E-state index contributed by atoms with van der Waals surface area (Å²) in [6.45, 7) is 1.79. The van der Waals surface area contributed by atoms with E-state index < -0.39 is 0 Å². The molecule has 0 fully saturated rings. The fourth-order valence-corrected chi connectivity index (χ4v) is 2.94. The van der Waals surface area contributed by atoms with Gasteiger partial charge in [-0.15, -0.1) is 0 Å². The van der Waals surface area contributed by atoms with E-state index in [-0.39, 0.29) is 6.10 Å². The molecule has 0 saturated heterocycles. The molecule has 0 aliphatic carbocycles. The maximum atomic E-state index is 6.04. The van der Waals surface area contributed by atoms with Crippen molar-refractivity contribution in [1.82, 2.24) is 5.32 Å². The number of halogens is 1. The van der Waals surface area contributed by atoms with Gasteiger partial charge in [-0.2, -0.15) is 0 Å². The van der Waals surface area contributed by atoms with E-state index in [0.717, 1.165) is 36.2 Å². The number of hydrogen-bond acceptors (Lipinski definition) is 2. The Labute approximate surface area is 128 Å². The first-order valence-corrected chi connectivity index (χ1v) is 7.80. The van der Waals surface area contributed by atoms with Gasteiger partial charge in [0.25, 0.3) is 0 Å². The number of aryl methyl sites for hydroxylation is 1. The van der Waals surface area contributed by atoms with Crippen LogP contribution < -0.4 is 10.1 Å². The Balaban J connectivity index is 1.52. The fourth-order valence-electron chi connectivity index (χ4n) is 2.53. The van der Waals surface area contributed by atoms with Crippen molar-refractivity contribution in [3.63, 3.8) is 0 Å². The van der Waals surface area contributed by atoms with E-state index in [1.54, 1.807) is 0 Å². The van der Waals surface area contributed by atoms with Crippen molar-refractivity contribution in [2.24, 2.45) is 0 Å². The van der Waals surface area contributed by atoms with E-state index in [1.165, 1.54) is 11.1 Å². The maximum Gasteiger partial charge on any atom is 0.123 e. The lowest BCUT2D eigenvalue weighted by atomic mass is 10.0. The molecule has 2 nitrogen and oxygen atoms in total. The third-order valence-electron chi connectivity index (χ3n) is 3.60. The number of rotatable bonds is 4. The molecule has 1 aliphatic heterocycles. The Morgan fingerprint density at radius 2 is 2.00 bits per heavy atom. The van der Waals surface area contributed by atoms with Gasteiger partial charge in [0.2, 0.25) is 0 Å². The van der Waals surface area contributed by atoms with Crippen molar-refractivity contribution in [2.45, 2.75) is 25.5 Å². The largest absolute Gasteiger partial charge is 0.489 e. The number of ether oxygens (including phenoxy) is 1. The van der Waals surface area contributed by atoms with E-state index >= 15 is 0 Å². The third kappa shape index (κ3) is 3.41. The first kappa shape index (κ1) is 13.7. The summed E-state index contributed by atoms with van der Waals surface area (Å²) in [7, 11) is 0. The molecule has 0 amide bonds. The molecule has 3 heteroatoms. The molecule has 0 aromatic heterocycles. The van der Waals surface area contributed by atoms with Crippen LogP contribution in [0.15, 0.2) is 53.0 Å². The second kappa shape index (κ2) is 6.42. The van der Waals surface area contributed by atoms with Crippen LogP contribution >= 0.6 is 15.9 Å². The molecular formula is C17H18BrNO. The van der Waals surface area contributed by atoms with Crippen LogP contribution in [0.2, 0.25) is 0 Å². The molecule has 1 N–H and O–H groups in total. The first-order valence-electron chi connectivity index (χ1n) is 7.01. The van der Waals surface area contributed by atoms with Gasteiger partial charge in [-0.05, 0) is 42.2 Å². The van der Waals surface area contributed by atoms with Crippen LogP contribution in [0.4, 0.5) is 0 Å². The van der Waals surface area contributed by atoms with Gasteiger partial charge in [-0.3, -0.25) is 0 Å². The minimum absolute atomic E-state index is 0.271. The van der Waals surface area contributed by atoms with Crippen molar-refractivity contribution >= 4 is 15.9 Å². The summed E-state index contributed by atoms with van der Waals surface area (Å²) in [5.41, 5.74) is 2.62. The van der Waals surface area contributed by atoms with Gasteiger partial charge in [0, 0.05) is 17.6 Å². The Hall–Kier alpha value is -1.32. The molecule has 0 spiro atoms. The van der Waals surface area contributed by atoms with Gasteiger partial charge < -0.3 is 10.1 Å². The van der Waals surface area contributed by atoms with Crippen LogP contribution in [-0.2, 0) is 13.0 Å². The average molecular weight is 332 g/mol. The highest BCUT2D eigenvalue weighted by molar-refractivity contribution is 9.10. The SMILES string of the molecule is Brc1ccc2c(c1)CCC(CNCc1ccccc1)O2. The highest BCUT2D eigenvalue weighted by atomic mass is 79.9. The fraction of sp³-hybridized carbons (Fsp3) is 0.294.